The molecule has 2 aliphatic heterocycles. The zero-order valence-electron chi connectivity index (χ0n) is 15.9. The first kappa shape index (κ1) is 18.7. The third kappa shape index (κ3) is 3.68. The normalized spacial score (nSPS) is 24.9. The van der Waals surface area contributed by atoms with Crippen LogP contribution in [0, 0.1) is 5.92 Å². The number of nitrogens with zero attached hydrogens (tertiary/aromatic N) is 1. The Bertz CT molecular complexity index is 883. The van der Waals surface area contributed by atoms with Crippen molar-refractivity contribution in [3.8, 4) is 5.75 Å². The van der Waals surface area contributed by atoms with E-state index in [0.29, 0.717) is 24.9 Å². The smallest absolute Gasteiger partial charge is 0.289 e. The number of hydrogen-bond acceptors (Lipinski definition) is 6. The molecule has 0 aliphatic carbocycles. The molecule has 2 aromatic rings. The number of carbonyl (C=O) groups excluding carboxylic acids is 1. The van der Waals surface area contributed by atoms with E-state index in [1.165, 1.54) is 25.0 Å². The van der Waals surface area contributed by atoms with E-state index in [1.54, 1.807) is 4.90 Å². The first-order valence-corrected chi connectivity index (χ1v) is 9.67. The van der Waals surface area contributed by atoms with Crippen LogP contribution in [-0.4, -0.2) is 43.6 Å². The Morgan fingerprint density at radius 2 is 2.11 bits per heavy atom. The lowest BCUT2D eigenvalue weighted by Gasteiger charge is -2.37. The second-order valence-electron chi connectivity index (χ2n) is 7.40. The highest BCUT2D eigenvalue weighted by Gasteiger charge is 2.38. The number of piperidine rings is 1. The minimum absolute atomic E-state index is 0.0589. The molecule has 2 N–H and O–H groups in total. The van der Waals surface area contributed by atoms with E-state index in [9.17, 15) is 9.59 Å². The summed E-state index contributed by atoms with van der Waals surface area (Å²) in [5.41, 5.74) is 7.66. The van der Waals surface area contributed by atoms with E-state index in [4.69, 9.17) is 9.15 Å². The van der Waals surface area contributed by atoms with Crippen LogP contribution in [0.5, 0.6) is 5.75 Å². The van der Waals surface area contributed by atoms with Crippen LogP contribution in [0.4, 0.5) is 0 Å². The third-order valence-electron chi connectivity index (χ3n) is 5.73. The Morgan fingerprint density at radius 3 is 2.86 bits per heavy atom. The summed E-state index contributed by atoms with van der Waals surface area (Å²) in [6, 6.07) is 11.9. The first-order chi connectivity index (χ1) is 13.7. The molecule has 3 atom stereocenters. The summed E-state index contributed by atoms with van der Waals surface area (Å²) in [7, 11) is 1.40. The summed E-state index contributed by atoms with van der Waals surface area (Å²) in [6.07, 6.45) is 3.18. The van der Waals surface area contributed by atoms with Crippen LogP contribution in [0.15, 0.2) is 51.9 Å². The fourth-order valence-corrected chi connectivity index (χ4v) is 4.29. The van der Waals surface area contributed by atoms with Crippen molar-refractivity contribution in [1.29, 1.82) is 0 Å². The molecule has 2 fully saturated rings. The maximum Gasteiger partial charge on any atom is 0.289 e. The predicted molar refractivity (Wildman–Crippen MR) is 104 cm³/mol. The van der Waals surface area contributed by atoms with Gasteiger partial charge in [0, 0.05) is 37.7 Å². The van der Waals surface area contributed by atoms with Crippen LogP contribution in [0.25, 0.3) is 0 Å². The summed E-state index contributed by atoms with van der Waals surface area (Å²) < 4.78 is 10.3. The van der Waals surface area contributed by atoms with Crippen LogP contribution in [0.3, 0.4) is 0 Å². The van der Waals surface area contributed by atoms with Gasteiger partial charge in [0.2, 0.25) is 11.2 Å². The Morgan fingerprint density at radius 1 is 1.29 bits per heavy atom. The molecule has 7 heteroatoms. The lowest BCUT2D eigenvalue weighted by Crippen LogP contribution is -2.48. The number of carbonyl (C=O) groups is 1. The fraction of sp³-hybridized carbons (Fsp3) is 0.429. The number of nitrogens with one attached hydrogen (secondary N) is 2. The van der Waals surface area contributed by atoms with Gasteiger partial charge in [-0.05, 0) is 24.3 Å². The summed E-state index contributed by atoms with van der Waals surface area (Å²) >= 11 is 0. The zero-order valence-corrected chi connectivity index (χ0v) is 15.9. The fourth-order valence-electron chi connectivity index (χ4n) is 4.29. The van der Waals surface area contributed by atoms with Gasteiger partial charge in [-0.15, -0.1) is 0 Å². The summed E-state index contributed by atoms with van der Waals surface area (Å²) in [5, 5.41) is 0. The Balaban J connectivity index is 1.49. The van der Waals surface area contributed by atoms with E-state index in [-0.39, 0.29) is 28.9 Å². The van der Waals surface area contributed by atoms with Crippen molar-refractivity contribution in [2.75, 3.05) is 26.7 Å². The van der Waals surface area contributed by atoms with Crippen LogP contribution in [0.1, 0.15) is 34.9 Å². The average Bonchev–Trinajstić information content (AvgIpc) is 3.24. The number of hydrogen-bond donors (Lipinski definition) is 2. The minimum atomic E-state index is -0.350. The lowest BCUT2D eigenvalue weighted by atomic mass is 9.81. The second-order valence-corrected chi connectivity index (χ2v) is 7.40. The molecule has 28 heavy (non-hydrogen) atoms. The average molecular weight is 383 g/mol. The number of hydrazine groups is 1. The molecule has 2 aliphatic rings. The minimum Gasteiger partial charge on any atom is -0.490 e. The standard InChI is InChI=1S/C21H25N3O4/c1-27-19-13-28-18(10-17(19)25)21(26)24-9-5-8-15(12-24)20-16(11-22-23-20)14-6-3-2-4-7-14/h2-4,6-7,10,13,15-16,20,22-23H,5,8-9,11-12H2,1H3. The summed E-state index contributed by atoms with van der Waals surface area (Å²) in [6.45, 7) is 2.17. The number of likely N-dealkylation sites (tertiary alicyclic amines) is 1. The second kappa shape index (κ2) is 8.16. The van der Waals surface area contributed by atoms with Gasteiger partial charge in [0.15, 0.2) is 5.76 Å². The quantitative estimate of drug-likeness (QED) is 0.837. The number of ether oxygens (including phenoxy) is 1. The van der Waals surface area contributed by atoms with Crippen molar-refractivity contribution in [2.24, 2.45) is 5.92 Å². The molecule has 2 saturated heterocycles. The molecule has 4 rings (SSSR count). The molecule has 0 spiro atoms. The SMILES string of the molecule is COc1coc(C(=O)N2CCCC(C3NNCC3c3ccccc3)C2)cc1=O. The highest BCUT2D eigenvalue weighted by atomic mass is 16.5. The summed E-state index contributed by atoms with van der Waals surface area (Å²) in [5.74, 6) is 0.596. The van der Waals surface area contributed by atoms with E-state index in [2.05, 4.69) is 35.1 Å². The van der Waals surface area contributed by atoms with Crippen LogP contribution in [-0.2, 0) is 0 Å². The van der Waals surface area contributed by atoms with Gasteiger partial charge in [-0.25, -0.2) is 0 Å². The van der Waals surface area contributed by atoms with Gasteiger partial charge in [0.25, 0.3) is 5.91 Å². The highest BCUT2D eigenvalue weighted by molar-refractivity contribution is 5.91. The molecule has 7 nitrogen and oxygen atoms in total. The molecule has 0 bridgehead atoms. The number of amides is 1. The van der Waals surface area contributed by atoms with Crippen molar-refractivity contribution >= 4 is 5.91 Å². The molecule has 1 amide bonds. The van der Waals surface area contributed by atoms with E-state index in [1.807, 2.05) is 6.07 Å². The van der Waals surface area contributed by atoms with Crippen molar-refractivity contribution in [2.45, 2.75) is 24.8 Å². The van der Waals surface area contributed by atoms with Crippen LogP contribution >= 0.6 is 0 Å². The van der Waals surface area contributed by atoms with Gasteiger partial charge in [-0.3, -0.25) is 20.4 Å². The molecule has 1 aromatic heterocycles. The first-order valence-electron chi connectivity index (χ1n) is 9.67. The summed E-state index contributed by atoms with van der Waals surface area (Å²) in [4.78, 5) is 26.6. The molecular weight excluding hydrogens is 358 g/mol. The van der Waals surface area contributed by atoms with Crippen molar-refractivity contribution in [1.82, 2.24) is 15.8 Å². The Labute approximate surface area is 163 Å². The maximum atomic E-state index is 12.9. The van der Waals surface area contributed by atoms with Crippen molar-refractivity contribution in [3.05, 3.63) is 64.2 Å². The van der Waals surface area contributed by atoms with Gasteiger partial charge in [-0.1, -0.05) is 30.3 Å². The molecule has 0 saturated carbocycles. The predicted octanol–water partition coefficient (Wildman–Crippen LogP) is 1.76. The monoisotopic (exact) mass is 383 g/mol. The van der Waals surface area contributed by atoms with E-state index < -0.39 is 0 Å². The molecule has 1 aromatic carbocycles. The largest absolute Gasteiger partial charge is 0.490 e. The molecule has 0 radical (unpaired) electrons. The van der Waals surface area contributed by atoms with Gasteiger partial charge >= 0.3 is 0 Å². The molecular formula is C21H25N3O4. The highest BCUT2D eigenvalue weighted by Crippen LogP contribution is 2.32. The lowest BCUT2D eigenvalue weighted by molar-refractivity contribution is 0.0609. The Hall–Kier alpha value is -2.64. The van der Waals surface area contributed by atoms with Crippen molar-refractivity contribution < 1.29 is 13.9 Å². The Kier molecular flexibility index (Phi) is 5.45. The van der Waals surface area contributed by atoms with Crippen LogP contribution in [0.2, 0.25) is 0 Å². The van der Waals surface area contributed by atoms with Gasteiger partial charge < -0.3 is 14.1 Å². The van der Waals surface area contributed by atoms with E-state index in [0.717, 1.165) is 19.4 Å². The third-order valence-corrected chi connectivity index (χ3v) is 5.73. The molecule has 148 valence electrons. The van der Waals surface area contributed by atoms with E-state index >= 15 is 0 Å². The zero-order chi connectivity index (χ0) is 19.5. The maximum absolute atomic E-state index is 12.9. The number of benzene rings is 1. The van der Waals surface area contributed by atoms with Crippen LogP contribution < -0.4 is 21.0 Å². The van der Waals surface area contributed by atoms with Gasteiger partial charge in [0.05, 0.1) is 7.11 Å². The molecule has 3 unspecified atom stereocenters. The van der Waals surface area contributed by atoms with Crippen molar-refractivity contribution in [3.63, 3.8) is 0 Å². The number of rotatable bonds is 4. The topological polar surface area (TPSA) is 83.8 Å². The number of methoxy groups -OCH3 is 1. The van der Waals surface area contributed by atoms with Gasteiger partial charge in [-0.2, -0.15) is 0 Å². The van der Waals surface area contributed by atoms with Gasteiger partial charge in [0.1, 0.15) is 6.26 Å². The molecule has 3 heterocycles.